The molecule has 9 atom stereocenters. The Bertz CT molecular complexity index is 671. The summed E-state index contributed by atoms with van der Waals surface area (Å²) in [5, 5.41) is 0. The van der Waals surface area contributed by atoms with Gasteiger partial charge in [-0.15, -0.1) is 0 Å². The predicted octanol–water partition coefficient (Wildman–Crippen LogP) is 2.27. The van der Waals surface area contributed by atoms with Crippen molar-refractivity contribution in [2.45, 2.75) is 30.9 Å². The minimum Gasteiger partial charge on any atom is -0.419 e. The second kappa shape index (κ2) is 3.33. The van der Waals surface area contributed by atoms with E-state index in [-0.39, 0.29) is 5.57 Å². The number of ether oxygens (including phenoxy) is 2. The van der Waals surface area contributed by atoms with Crippen LogP contribution in [0.2, 0.25) is 0 Å². The van der Waals surface area contributed by atoms with Crippen LogP contribution in [-0.2, 0) is 19.1 Å². The summed E-state index contributed by atoms with van der Waals surface area (Å²) >= 11 is 3.93. The fourth-order valence-electron chi connectivity index (χ4n) is 7.49. The van der Waals surface area contributed by atoms with Gasteiger partial charge < -0.3 is 9.47 Å². The van der Waals surface area contributed by atoms with E-state index < -0.39 is 17.7 Å². The molecule has 7 aliphatic rings. The molecular formula is C17H17BrO4. The highest BCUT2D eigenvalue weighted by molar-refractivity contribution is 9.09. The maximum atomic E-state index is 12.5. The van der Waals surface area contributed by atoms with E-state index in [9.17, 15) is 9.59 Å². The van der Waals surface area contributed by atoms with Crippen molar-refractivity contribution in [2.24, 2.45) is 47.3 Å². The van der Waals surface area contributed by atoms with Gasteiger partial charge in [-0.05, 0) is 59.3 Å². The van der Waals surface area contributed by atoms with Gasteiger partial charge in [-0.25, -0.2) is 9.59 Å². The van der Waals surface area contributed by atoms with Crippen LogP contribution in [0.4, 0.5) is 0 Å². The molecule has 7 rings (SSSR count). The van der Waals surface area contributed by atoms with E-state index in [1.54, 1.807) is 13.8 Å². The molecule has 0 spiro atoms. The lowest BCUT2D eigenvalue weighted by atomic mass is 9.71. The molecule has 0 amide bonds. The average molecular weight is 365 g/mol. The molecule has 116 valence electrons. The Kier molecular flexibility index (Phi) is 1.90. The van der Waals surface area contributed by atoms with Crippen molar-refractivity contribution < 1.29 is 19.1 Å². The number of halogens is 1. The molecule has 6 bridgehead atoms. The normalized spacial score (nSPS) is 58.2. The molecule has 6 aliphatic carbocycles. The molecule has 0 aromatic heterocycles. The van der Waals surface area contributed by atoms with Crippen molar-refractivity contribution in [3.8, 4) is 0 Å². The van der Waals surface area contributed by atoms with E-state index in [4.69, 9.17) is 9.47 Å². The number of allylic oxidation sites excluding steroid dienone is 1. The first-order valence-electron chi connectivity index (χ1n) is 8.25. The molecule has 0 unspecified atom stereocenters. The zero-order valence-electron chi connectivity index (χ0n) is 12.4. The first kappa shape index (κ1) is 12.6. The molecular weight excluding hydrogens is 348 g/mol. The van der Waals surface area contributed by atoms with Crippen molar-refractivity contribution in [3.05, 3.63) is 11.1 Å². The average Bonchev–Trinajstić information content (AvgIpc) is 3.10. The van der Waals surface area contributed by atoms with E-state index in [0.29, 0.717) is 40.3 Å². The fourth-order valence-corrected chi connectivity index (χ4v) is 8.92. The largest absolute Gasteiger partial charge is 0.419 e. The standard InChI is InChI=1S/C17H17BrO4/c1-17(2)21-15(19)13(16(20)22-17)11-6-4-3-5-7(6)12-10(11)8(4)9(5)14(12)18/h4-10,12,14H,3H2,1-2H3/t4-,5+,6+,7-,8-,9+,10+,12+,14-/m0/s1. The van der Waals surface area contributed by atoms with E-state index >= 15 is 0 Å². The van der Waals surface area contributed by atoms with Gasteiger partial charge in [0.05, 0.1) is 0 Å². The number of hydrogen-bond acceptors (Lipinski definition) is 4. The van der Waals surface area contributed by atoms with E-state index in [1.807, 2.05) is 0 Å². The van der Waals surface area contributed by atoms with Gasteiger partial charge in [0.2, 0.25) is 0 Å². The highest BCUT2D eigenvalue weighted by Gasteiger charge is 2.82. The van der Waals surface area contributed by atoms with Gasteiger partial charge >= 0.3 is 11.9 Å². The Balaban J connectivity index is 1.54. The van der Waals surface area contributed by atoms with Gasteiger partial charge in [0.15, 0.2) is 0 Å². The first-order chi connectivity index (χ1) is 10.4. The Labute approximate surface area is 136 Å². The third-order valence-corrected chi connectivity index (χ3v) is 8.67. The SMILES string of the molecule is CC1(C)OC(=O)C(=C2[C@@H]3[C@@H]4C[C@H]5[C@H]6[C@H](Br)[C@@H]([C@@H]2[C@@H]46)[C@@H]53)C(=O)O1. The summed E-state index contributed by atoms with van der Waals surface area (Å²) < 4.78 is 10.7. The minimum absolute atomic E-state index is 0.247. The maximum absolute atomic E-state index is 12.5. The second-order valence-corrected chi connectivity index (χ2v) is 9.44. The summed E-state index contributed by atoms with van der Waals surface area (Å²) in [4.78, 5) is 25.6. The molecule has 1 heterocycles. The molecule has 1 aliphatic heterocycles. The summed E-state index contributed by atoms with van der Waals surface area (Å²) in [6, 6.07) is 0. The minimum atomic E-state index is -1.14. The lowest BCUT2D eigenvalue weighted by Gasteiger charge is -2.32. The summed E-state index contributed by atoms with van der Waals surface area (Å²) in [5.74, 6) is 3.08. The quantitative estimate of drug-likeness (QED) is 0.286. The van der Waals surface area contributed by atoms with Crippen LogP contribution >= 0.6 is 15.9 Å². The molecule has 4 nitrogen and oxygen atoms in total. The van der Waals surface area contributed by atoms with Crippen molar-refractivity contribution in [1.29, 1.82) is 0 Å². The molecule has 0 aromatic carbocycles. The number of rotatable bonds is 0. The summed E-state index contributed by atoms with van der Waals surface area (Å²) in [7, 11) is 0. The van der Waals surface area contributed by atoms with Crippen molar-refractivity contribution in [1.82, 2.24) is 0 Å². The number of cyclic esters (lactones) is 2. The molecule has 7 fully saturated rings. The number of carbonyl (C=O) groups excluding carboxylic acids is 2. The van der Waals surface area contributed by atoms with Crippen LogP contribution in [0.25, 0.3) is 0 Å². The van der Waals surface area contributed by atoms with Gasteiger partial charge in [-0.2, -0.15) is 0 Å². The molecule has 6 saturated carbocycles. The molecule has 22 heavy (non-hydrogen) atoms. The van der Waals surface area contributed by atoms with E-state index in [2.05, 4.69) is 15.9 Å². The molecule has 0 aromatic rings. The van der Waals surface area contributed by atoms with E-state index in [0.717, 1.165) is 17.4 Å². The van der Waals surface area contributed by atoms with Gasteiger partial charge in [0.1, 0.15) is 5.57 Å². The maximum Gasteiger partial charge on any atom is 0.348 e. The van der Waals surface area contributed by atoms with Crippen LogP contribution in [0.15, 0.2) is 11.1 Å². The van der Waals surface area contributed by atoms with Gasteiger partial charge in [-0.3, -0.25) is 0 Å². The Hall–Kier alpha value is -0.840. The Morgan fingerprint density at radius 3 is 2.23 bits per heavy atom. The monoisotopic (exact) mass is 364 g/mol. The van der Waals surface area contributed by atoms with Gasteiger partial charge in [0, 0.05) is 18.7 Å². The number of alkyl halides is 1. The van der Waals surface area contributed by atoms with Crippen LogP contribution in [0.3, 0.4) is 0 Å². The van der Waals surface area contributed by atoms with Gasteiger partial charge in [-0.1, -0.05) is 15.9 Å². The number of hydrogen-bond donors (Lipinski definition) is 0. The van der Waals surface area contributed by atoms with Crippen LogP contribution in [0, 0.1) is 47.3 Å². The smallest absolute Gasteiger partial charge is 0.348 e. The zero-order chi connectivity index (χ0) is 15.1. The summed E-state index contributed by atoms with van der Waals surface area (Å²) in [6.07, 6.45) is 1.30. The Morgan fingerprint density at radius 2 is 1.59 bits per heavy atom. The highest BCUT2D eigenvalue weighted by Crippen LogP contribution is 2.85. The Morgan fingerprint density at radius 1 is 0.955 bits per heavy atom. The van der Waals surface area contributed by atoms with Crippen LogP contribution < -0.4 is 0 Å². The van der Waals surface area contributed by atoms with Crippen LogP contribution in [-0.4, -0.2) is 22.6 Å². The fraction of sp³-hybridized carbons (Fsp3) is 0.765. The first-order valence-corrected chi connectivity index (χ1v) is 9.17. The molecule has 0 radical (unpaired) electrons. The molecule has 0 N–H and O–H groups in total. The summed E-state index contributed by atoms with van der Waals surface area (Å²) in [6.45, 7) is 3.22. The van der Waals surface area contributed by atoms with Crippen LogP contribution in [0.5, 0.6) is 0 Å². The third-order valence-electron chi connectivity index (χ3n) is 7.45. The van der Waals surface area contributed by atoms with Crippen molar-refractivity contribution >= 4 is 27.9 Å². The van der Waals surface area contributed by atoms with Gasteiger partial charge in [0.25, 0.3) is 5.79 Å². The zero-order valence-corrected chi connectivity index (χ0v) is 14.0. The predicted molar refractivity (Wildman–Crippen MR) is 78.5 cm³/mol. The summed E-state index contributed by atoms with van der Waals surface area (Å²) in [5.41, 5.74) is 1.36. The lowest BCUT2D eigenvalue weighted by molar-refractivity contribution is -0.222. The number of esters is 2. The molecule has 5 heteroatoms. The van der Waals surface area contributed by atoms with Crippen molar-refractivity contribution in [2.75, 3.05) is 0 Å². The topological polar surface area (TPSA) is 52.6 Å². The highest BCUT2D eigenvalue weighted by atomic mass is 79.9. The van der Waals surface area contributed by atoms with Crippen molar-refractivity contribution in [3.63, 3.8) is 0 Å². The molecule has 1 saturated heterocycles. The third kappa shape index (κ3) is 1.06. The lowest BCUT2D eigenvalue weighted by Crippen LogP contribution is -2.42. The van der Waals surface area contributed by atoms with Crippen LogP contribution in [0.1, 0.15) is 20.3 Å². The number of carbonyl (C=O) groups is 2. The second-order valence-electron chi connectivity index (χ2n) is 8.38. The van der Waals surface area contributed by atoms with E-state index in [1.165, 1.54) is 6.42 Å².